The Morgan fingerprint density at radius 2 is 2.23 bits per heavy atom. The van der Waals surface area contributed by atoms with E-state index in [4.69, 9.17) is 0 Å². The molecule has 2 aliphatic carbocycles. The van der Waals surface area contributed by atoms with Gasteiger partial charge in [0.15, 0.2) is 0 Å². The molecule has 4 atom stereocenters. The summed E-state index contributed by atoms with van der Waals surface area (Å²) in [6.45, 7) is 8.44. The highest BCUT2D eigenvalue weighted by atomic mass is 14.6. The Kier molecular flexibility index (Phi) is 2.34. The molecule has 0 aromatic heterocycles. The van der Waals surface area contributed by atoms with Crippen molar-refractivity contribution < 1.29 is 0 Å². The number of fused-ring (bicyclic) bond motifs is 1. The van der Waals surface area contributed by atoms with Crippen molar-refractivity contribution in [2.75, 3.05) is 0 Å². The molecule has 0 nitrogen and oxygen atoms in total. The fourth-order valence-electron chi connectivity index (χ4n) is 3.19. The van der Waals surface area contributed by atoms with Crippen LogP contribution in [0, 0.1) is 23.7 Å². The van der Waals surface area contributed by atoms with E-state index in [2.05, 4.69) is 26.2 Å². The minimum atomic E-state index is 0.764. The van der Waals surface area contributed by atoms with Gasteiger partial charge in [0.1, 0.15) is 0 Å². The number of hydrogen-bond acceptors (Lipinski definition) is 0. The Balaban J connectivity index is 2.00. The summed E-state index contributed by atoms with van der Waals surface area (Å²) in [4.78, 5) is 0. The molecule has 0 radical (unpaired) electrons. The van der Waals surface area contributed by atoms with Crippen LogP contribution in [-0.4, -0.2) is 0 Å². The second kappa shape index (κ2) is 3.35. The zero-order valence-electron chi connectivity index (χ0n) is 8.84. The van der Waals surface area contributed by atoms with Gasteiger partial charge in [-0.2, -0.15) is 0 Å². The van der Waals surface area contributed by atoms with Crippen LogP contribution in [0.1, 0.15) is 39.5 Å². The third kappa shape index (κ3) is 1.48. The molecule has 0 aromatic rings. The van der Waals surface area contributed by atoms with E-state index >= 15 is 0 Å². The van der Waals surface area contributed by atoms with Crippen molar-refractivity contribution in [1.82, 2.24) is 0 Å². The first-order chi connectivity index (χ1) is 6.27. The molecule has 2 rings (SSSR count). The lowest BCUT2D eigenvalue weighted by atomic mass is 9.86. The summed E-state index contributed by atoms with van der Waals surface area (Å²) in [5.74, 6) is 3.89. The molecule has 2 fully saturated rings. The molecule has 0 spiro atoms. The van der Waals surface area contributed by atoms with Gasteiger partial charge >= 0.3 is 0 Å². The van der Waals surface area contributed by atoms with Gasteiger partial charge in [-0.1, -0.05) is 33.3 Å². The summed E-state index contributed by atoms with van der Waals surface area (Å²) in [5.41, 5.74) is 4.64. The lowest BCUT2D eigenvalue weighted by Gasteiger charge is -2.18. The number of rotatable bonds is 2. The molecular formula is C13H20. The first kappa shape index (κ1) is 9.09. The molecule has 0 N–H and O–H groups in total. The van der Waals surface area contributed by atoms with Crippen LogP contribution in [0.4, 0.5) is 0 Å². The summed E-state index contributed by atoms with van der Waals surface area (Å²) in [6.07, 6.45) is 5.53. The second-order valence-electron chi connectivity index (χ2n) is 4.82. The molecule has 0 saturated heterocycles. The van der Waals surface area contributed by atoms with Crippen LogP contribution in [0.5, 0.6) is 0 Å². The predicted octanol–water partition coefficient (Wildman–Crippen LogP) is 3.79. The Labute approximate surface area is 81.7 Å². The number of hydrogen-bond donors (Lipinski definition) is 0. The van der Waals surface area contributed by atoms with Crippen LogP contribution in [0.15, 0.2) is 17.9 Å². The Morgan fingerprint density at radius 3 is 2.85 bits per heavy atom. The summed E-state index contributed by atoms with van der Waals surface area (Å²) < 4.78 is 0. The average Bonchev–Trinajstić information content (AvgIpc) is 2.77. The molecule has 0 amide bonds. The maximum atomic E-state index is 3.80. The third-order valence-electron chi connectivity index (χ3n) is 4.03. The monoisotopic (exact) mass is 176 g/mol. The summed E-state index contributed by atoms with van der Waals surface area (Å²) in [5, 5.41) is 0. The predicted molar refractivity (Wildman–Crippen MR) is 56.4 cm³/mol. The molecule has 0 heteroatoms. The van der Waals surface area contributed by atoms with Crippen LogP contribution in [0.2, 0.25) is 0 Å². The van der Waals surface area contributed by atoms with E-state index in [-0.39, 0.29) is 0 Å². The van der Waals surface area contributed by atoms with Crippen LogP contribution >= 0.6 is 0 Å². The van der Waals surface area contributed by atoms with Gasteiger partial charge in [0, 0.05) is 0 Å². The van der Waals surface area contributed by atoms with Crippen LogP contribution < -0.4 is 0 Å². The van der Waals surface area contributed by atoms with Gasteiger partial charge < -0.3 is 0 Å². The topological polar surface area (TPSA) is 0 Å². The lowest BCUT2D eigenvalue weighted by Crippen LogP contribution is -2.07. The minimum absolute atomic E-state index is 0.764. The van der Waals surface area contributed by atoms with E-state index in [1.807, 2.05) is 0 Å². The van der Waals surface area contributed by atoms with Crippen LogP contribution in [0.25, 0.3) is 0 Å². The fraction of sp³-hybridized carbons (Fsp3) is 0.769. The highest BCUT2D eigenvalue weighted by molar-refractivity contribution is 5.16. The quantitative estimate of drug-likeness (QED) is 0.561. The van der Waals surface area contributed by atoms with Gasteiger partial charge in [-0.15, -0.1) is 5.73 Å². The Hall–Kier alpha value is -0.480. The second-order valence-corrected chi connectivity index (χ2v) is 4.82. The summed E-state index contributed by atoms with van der Waals surface area (Å²) >= 11 is 0. The minimum Gasteiger partial charge on any atom is -0.129 e. The maximum absolute atomic E-state index is 3.80. The van der Waals surface area contributed by atoms with E-state index in [9.17, 15) is 0 Å². The van der Waals surface area contributed by atoms with Crippen molar-refractivity contribution in [3.05, 3.63) is 17.9 Å². The van der Waals surface area contributed by atoms with E-state index < -0.39 is 0 Å². The van der Waals surface area contributed by atoms with Crippen molar-refractivity contribution in [2.45, 2.75) is 39.5 Å². The third-order valence-corrected chi connectivity index (χ3v) is 4.03. The average molecular weight is 176 g/mol. The molecule has 2 aliphatic rings. The van der Waals surface area contributed by atoms with Gasteiger partial charge in [-0.25, -0.2) is 0 Å². The maximum Gasteiger partial charge on any atom is -0.0153 e. The fourth-order valence-corrected chi connectivity index (χ4v) is 3.19. The zero-order chi connectivity index (χ0) is 9.42. The van der Waals surface area contributed by atoms with Crippen LogP contribution in [0.3, 0.4) is 0 Å². The van der Waals surface area contributed by atoms with Gasteiger partial charge in [-0.05, 0) is 42.1 Å². The highest BCUT2D eigenvalue weighted by Gasteiger charge is 2.52. The Bertz CT molecular complexity index is 241. The SMILES string of the molecule is C=C=C1CC2C(CCC)C2CC1C. The van der Waals surface area contributed by atoms with E-state index in [1.165, 1.54) is 31.3 Å². The summed E-state index contributed by atoms with van der Waals surface area (Å²) in [7, 11) is 0. The van der Waals surface area contributed by atoms with Crippen molar-refractivity contribution in [3.8, 4) is 0 Å². The molecule has 72 valence electrons. The number of allylic oxidation sites excluding steroid dienone is 1. The van der Waals surface area contributed by atoms with E-state index in [1.54, 1.807) is 0 Å². The van der Waals surface area contributed by atoms with Gasteiger partial charge in [0.05, 0.1) is 0 Å². The molecule has 0 heterocycles. The van der Waals surface area contributed by atoms with Crippen molar-refractivity contribution >= 4 is 0 Å². The van der Waals surface area contributed by atoms with Crippen molar-refractivity contribution in [2.24, 2.45) is 23.7 Å². The van der Waals surface area contributed by atoms with Crippen molar-refractivity contribution in [1.29, 1.82) is 0 Å². The molecule has 4 unspecified atom stereocenters. The largest absolute Gasteiger partial charge is 0.129 e. The molecule has 13 heavy (non-hydrogen) atoms. The van der Waals surface area contributed by atoms with Gasteiger partial charge in [0.25, 0.3) is 0 Å². The van der Waals surface area contributed by atoms with Crippen LogP contribution in [-0.2, 0) is 0 Å². The summed E-state index contributed by atoms with van der Waals surface area (Å²) in [6, 6.07) is 0. The smallest absolute Gasteiger partial charge is 0.0153 e. The highest BCUT2D eigenvalue weighted by Crippen LogP contribution is 2.59. The van der Waals surface area contributed by atoms with E-state index in [0.29, 0.717) is 0 Å². The molecule has 0 aliphatic heterocycles. The van der Waals surface area contributed by atoms with E-state index in [0.717, 1.165) is 23.7 Å². The van der Waals surface area contributed by atoms with Gasteiger partial charge in [0.2, 0.25) is 0 Å². The normalized spacial score (nSPS) is 42.5. The zero-order valence-corrected chi connectivity index (χ0v) is 8.84. The molecular weight excluding hydrogens is 156 g/mol. The Morgan fingerprint density at radius 1 is 1.46 bits per heavy atom. The first-order valence-electron chi connectivity index (χ1n) is 5.66. The molecule has 2 saturated carbocycles. The standard InChI is InChI=1S/C13H20/c1-4-6-11-12-7-9(3)10(5-2)8-13(11)12/h9,11-13H,2,4,6-8H2,1,3H3. The van der Waals surface area contributed by atoms with Gasteiger partial charge in [-0.3, -0.25) is 0 Å². The molecule has 0 aromatic carbocycles. The van der Waals surface area contributed by atoms with Crippen molar-refractivity contribution in [3.63, 3.8) is 0 Å². The first-order valence-corrected chi connectivity index (χ1v) is 5.66. The molecule has 0 bridgehead atoms. The lowest BCUT2D eigenvalue weighted by molar-refractivity contribution is 0.460.